The first-order valence-corrected chi connectivity index (χ1v) is 9.95. The minimum Gasteiger partial charge on any atom is -0.313 e. The fourth-order valence-electron chi connectivity index (χ4n) is 2.83. The summed E-state index contributed by atoms with van der Waals surface area (Å²) in [5.41, 5.74) is 1.46. The maximum absolute atomic E-state index is 13.1. The van der Waals surface area contributed by atoms with Gasteiger partial charge in [0.2, 0.25) is 0 Å². The van der Waals surface area contributed by atoms with Crippen molar-refractivity contribution in [3.8, 4) is 0 Å². The Morgan fingerprint density at radius 1 is 1.38 bits per heavy atom. The maximum Gasteiger partial charge on any atom is 0.255 e. The number of benzene rings is 1. The number of thiazole rings is 1. The van der Waals surface area contributed by atoms with Crippen LogP contribution in [0.5, 0.6) is 0 Å². The lowest BCUT2D eigenvalue weighted by Gasteiger charge is -2.35. The van der Waals surface area contributed by atoms with E-state index >= 15 is 0 Å². The van der Waals surface area contributed by atoms with E-state index in [1.165, 1.54) is 11.3 Å². The molecule has 2 heterocycles. The molecule has 0 bridgehead atoms. The molecule has 1 N–H and O–H groups in total. The average Bonchev–Trinajstić information content (AvgIpc) is 2.87. The fraction of sp³-hybridized carbons (Fsp3) is 0.400. The van der Waals surface area contributed by atoms with Gasteiger partial charge in [0.05, 0.1) is 16.7 Å². The summed E-state index contributed by atoms with van der Waals surface area (Å²) in [6.45, 7) is 5.19. The highest BCUT2D eigenvalue weighted by Crippen LogP contribution is 2.33. The molecule has 1 aliphatic heterocycles. The van der Waals surface area contributed by atoms with Crippen LogP contribution in [0.1, 0.15) is 22.3 Å². The Labute approximate surface area is 157 Å². The van der Waals surface area contributed by atoms with Crippen LogP contribution in [0.4, 0.5) is 0 Å². The van der Waals surface area contributed by atoms with Crippen molar-refractivity contribution >= 4 is 45.4 Å². The molecular weight excluding hydrogens is 389 g/mol. The van der Waals surface area contributed by atoms with E-state index in [2.05, 4.69) is 10.3 Å². The van der Waals surface area contributed by atoms with Gasteiger partial charge in [-0.3, -0.25) is 0 Å². The van der Waals surface area contributed by atoms with E-state index in [-0.39, 0.29) is 18.4 Å². The van der Waals surface area contributed by atoms with Crippen molar-refractivity contribution < 1.29 is 8.42 Å². The van der Waals surface area contributed by atoms with E-state index in [1.54, 1.807) is 17.3 Å². The normalized spacial score (nSPS) is 19.0. The quantitative estimate of drug-likeness (QED) is 0.848. The predicted octanol–water partition coefficient (Wildman–Crippen LogP) is 3.17. The number of halogens is 2. The summed E-state index contributed by atoms with van der Waals surface area (Å²) in [6.07, 6.45) is 0. The molecule has 1 atom stereocenters. The Hall–Kier alpha value is -0.700. The van der Waals surface area contributed by atoms with Crippen LogP contribution in [0, 0.1) is 13.8 Å². The topological polar surface area (TPSA) is 62.3 Å². The molecule has 24 heavy (non-hydrogen) atoms. The number of rotatable bonds is 3. The van der Waals surface area contributed by atoms with E-state index in [9.17, 15) is 8.42 Å². The van der Waals surface area contributed by atoms with Gasteiger partial charge in [-0.05, 0) is 31.5 Å². The highest BCUT2D eigenvalue weighted by atomic mass is 35.5. The van der Waals surface area contributed by atoms with Crippen molar-refractivity contribution in [2.24, 2.45) is 0 Å². The van der Waals surface area contributed by atoms with Crippen LogP contribution in [0.25, 0.3) is 0 Å². The average molecular weight is 408 g/mol. The molecule has 5 nitrogen and oxygen atoms in total. The molecule has 3 rings (SSSR count). The minimum absolute atomic E-state index is 0. The summed E-state index contributed by atoms with van der Waals surface area (Å²) >= 11 is 7.30. The molecule has 1 fully saturated rings. The molecule has 0 amide bonds. The van der Waals surface area contributed by atoms with E-state index < -0.39 is 10.0 Å². The van der Waals surface area contributed by atoms with Crippen LogP contribution in [-0.4, -0.2) is 37.3 Å². The second-order valence-electron chi connectivity index (χ2n) is 5.50. The third-order valence-electron chi connectivity index (χ3n) is 3.83. The zero-order valence-electron chi connectivity index (χ0n) is 13.3. The molecule has 9 heteroatoms. The molecule has 2 aromatic rings. The number of sulfonamides is 1. The van der Waals surface area contributed by atoms with E-state index in [0.29, 0.717) is 34.6 Å². The molecule has 1 aromatic heterocycles. The van der Waals surface area contributed by atoms with E-state index in [4.69, 9.17) is 11.6 Å². The third-order valence-corrected chi connectivity index (χ3v) is 7.63. The summed E-state index contributed by atoms with van der Waals surface area (Å²) in [5, 5.41) is 4.63. The van der Waals surface area contributed by atoms with Crippen molar-refractivity contribution in [3.05, 3.63) is 45.6 Å². The first-order chi connectivity index (χ1) is 10.9. The lowest BCUT2D eigenvalue weighted by molar-refractivity contribution is 0.272. The van der Waals surface area contributed by atoms with Gasteiger partial charge in [-0.1, -0.05) is 23.7 Å². The second kappa shape index (κ2) is 7.68. The molecule has 1 aliphatic rings. The smallest absolute Gasteiger partial charge is 0.255 e. The number of hydrogen-bond donors (Lipinski definition) is 1. The molecule has 0 saturated carbocycles. The lowest BCUT2D eigenvalue weighted by atomic mass is 10.1. The van der Waals surface area contributed by atoms with Crippen LogP contribution >= 0.6 is 35.3 Å². The number of nitrogens with one attached hydrogen (secondary N) is 1. The van der Waals surface area contributed by atoms with Gasteiger partial charge in [-0.25, -0.2) is 13.4 Å². The molecule has 0 aliphatic carbocycles. The molecule has 1 aromatic carbocycles. The summed E-state index contributed by atoms with van der Waals surface area (Å²) < 4.78 is 28.2. The monoisotopic (exact) mass is 407 g/mol. The predicted molar refractivity (Wildman–Crippen MR) is 99.8 cm³/mol. The van der Waals surface area contributed by atoms with Crippen molar-refractivity contribution in [2.75, 3.05) is 19.6 Å². The van der Waals surface area contributed by atoms with Crippen LogP contribution in [0.3, 0.4) is 0 Å². The third kappa shape index (κ3) is 3.76. The zero-order chi connectivity index (χ0) is 16.6. The Morgan fingerprint density at radius 3 is 2.75 bits per heavy atom. The Bertz CT molecular complexity index is 824. The molecule has 132 valence electrons. The van der Waals surface area contributed by atoms with Gasteiger partial charge in [-0.15, -0.1) is 23.7 Å². The van der Waals surface area contributed by atoms with Crippen molar-refractivity contribution in [1.29, 1.82) is 0 Å². The lowest BCUT2D eigenvalue weighted by Crippen LogP contribution is -2.48. The SMILES string of the molecule is Cc1nc(C)c(S(=O)(=O)N2CCNCC2c2cccc(Cl)c2)s1.Cl. The Morgan fingerprint density at radius 2 is 2.12 bits per heavy atom. The summed E-state index contributed by atoms with van der Waals surface area (Å²) in [4.78, 5) is 4.26. The van der Waals surface area contributed by atoms with Gasteiger partial charge in [0.15, 0.2) is 4.21 Å². The number of aryl methyl sites for hydroxylation is 2. The van der Waals surface area contributed by atoms with Gasteiger partial charge in [0.25, 0.3) is 10.0 Å². The van der Waals surface area contributed by atoms with Crippen LogP contribution in [0.15, 0.2) is 28.5 Å². The number of piperazine rings is 1. The highest BCUT2D eigenvalue weighted by Gasteiger charge is 2.36. The molecule has 0 radical (unpaired) electrons. The Balaban J connectivity index is 0.00000208. The fourth-order valence-corrected chi connectivity index (χ4v) is 6.24. The first-order valence-electron chi connectivity index (χ1n) is 7.31. The van der Waals surface area contributed by atoms with Crippen molar-refractivity contribution in [1.82, 2.24) is 14.6 Å². The van der Waals surface area contributed by atoms with E-state index in [1.807, 2.05) is 25.1 Å². The van der Waals surface area contributed by atoms with Gasteiger partial charge < -0.3 is 5.32 Å². The highest BCUT2D eigenvalue weighted by molar-refractivity contribution is 7.91. The summed E-state index contributed by atoms with van der Waals surface area (Å²) in [6, 6.07) is 7.11. The van der Waals surface area contributed by atoms with Gasteiger partial charge in [0.1, 0.15) is 0 Å². The van der Waals surface area contributed by atoms with Crippen molar-refractivity contribution in [2.45, 2.75) is 24.1 Å². The number of hydrogen-bond acceptors (Lipinski definition) is 5. The van der Waals surface area contributed by atoms with E-state index in [0.717, 1.165) is 10.6 Å². The summed E-state index contributed by atoms with van der Waals surface area (Å²) in [7, 11) is -3.58. The van der Waals surface area contributed by atoms with Gasteiger partial charge in [-0.2, -0.15) is 4.31 Å². The molecular formula is C15H19Cl2N3O2S2. The van der Waals surface area contributed by atoms with Gasteiger partial charge >= 0.3 is 0 Å². The minimum atomic E-state index is -3.58. The maximum atomic E-state index is 13.1. The molecule has 1 unspecified atom stereocenters. The standard InChI is InChI=1S/C15H18ClN3O2S2.ClH/c1-10-15(22-11(2)18-10)23(20,21)19-7-6-17-9-14(19)12-4-3-5-13(16)8-12;/h3-5,8,14,17H,6-7,9H2,1-2H3;1H. The van der Waals surface area contributed by atoms with Gasteiger partial charge in [0, 0.05) is 24.7 Å². The molecule has 1 saturated heterocycles. The largest absolute Gasteiger partial charge is 0.313 e. The van der Waals surface area contributed by atoms with Crippen LogP contribution in [-0.2, 0) is 10.0 Å². The number of aromatic nitrogens is 1. The first kappa shape index (κ1) is 19.6. The van der Waals surface area contributed by atoms with Crippen LogP contribution in [0.2, 0.25) is 5.02 Å². The number of nitrogens with zero attached hydrogens (tertiary/aromatic N) is 2. The molecule has 0 spiro atoms. The van der Waals surface area contributed by atoms with Crippen LogP contribution < -0.4 is 5.32 Å². The summed E-state index contributed by atoms with van der Waals surface area (Å²) in [5.74, 6) is 0. The van der Waals surface area contributed by atoms with Crippen molar-refractivity contribution in [3.63, 3.8) is 0 Å². The Kier molecular flexibility index (Phi) is 6.28. The second-order valence-corrected chi connectivity index (χ2v) is 9.22. The zero-order valence-corrected chi connectivity index (χ0v) is 16.5.